The van der Waals surface area contributed by atoms with Gasteiger partial charge in [0, 0.05) is 5.39 Å². The summed E-state index contributed by atoms with van der Waals surface area (Å²) in [6.07, 6.45) is 0. The van der Waals surface area contributed by atoms with Crippen molar-refractivity contribution in [2.75, 3.05) is 12.8 Å². The first kappa shape index (κ1) is 13.2. The molecule has 2 aromatic carbocycles. The normalized spacial score (nSPS) is 10.8. The average Bonchev–Trinajstić information content (AvgIpc) is 2.89. The number of para-hydroxylation sites is 1. The highest BCUT2D eigenvalue weighted by Gasteiger charge is 2.18. The third-order valence-electron chi connectivity index (χ3n) is 3.43. The summed E-state index contributed by atoms with van der Waals surface area (Å²) in [5, 5.41) is 0.903. The Morgan fingerprint density at radius 3 is 2.76 bits per heavy atom. The predicted octanol–water partition coefficient (Wildman–Crippen LogP) is 3.56. The first-order chi connectivity index (χ1) is 10.1. The van der Waals surface area contributed by atoms with E-state index in [2.05, 4.69) is 0 Å². The summed E-state index contributed by atoms with van der Waals surface area (Å²) in [5.74, 6) is 0.503. The van der Waals surface area contributed by atoms with Gasteiger partial charge in [-0.15, -0.1) is 0 Å². The molecule has 0 aliphatic carbocycles. The number of nitrogens with two attached hydrogens (primary N) is 1. The fraction of sp³-hybridized carbons (Fsp3) is 0.118. The number of ketones is 1. The molecule has 4 heteroatoms. The van der Waals surface area contributed by atoms with E-state index < -0.39 is 0 Å². The minimum absolute atomic E-state index is 0.250. The molecule has 0 saturated heterocycles. The molecule has 0 radical (unpaired) electrons. The van der Waals surface area contributed by atoms with Crippen LogP contribution in [0.1, 0.15) is 21.7 Å². The van der Waals surface area contributed by atoms with Crippen molar-refractivity contribution in [3.05, 3.63) is 59.4 Å². The molecular formula is C17H15NO3. The van der Waals surface area contributed by atoms with Crippen LogP contribution in [0.5, 0.6) is 5.75 Å². The second-order valence-corrected chi connectivity index (χ2v) is 4.90. The van der Waals surface area contributed by atoms with Gasteiger partial charge in [-0.2, -0.15) is 0 Å². The van der Waals surface area contributed by atoms with E-state index >= 15 is 0 Å². The molecule has 3 rings (SSSR count). The van der Waals surface area contributed by atoms with Crippen molar-refractivity contribution >= 4 is 22.4 Å². The van der Waals surface area contributed by atoms with Crippen LogP contribution in [0.15, 0.2) is 46.9 Å². The smallest absolute Gasteiger partial charge is 0.230 e. The molecule has 1 aromatic heterocycles. The zero-order chi connectivity index (χ0) is 15.0. The van der Waals surface area contributed by atoms with E-state index in [0.29, 0.717) is 22.6 Å². The molecule has 4 nitrogen and oxygen atoms in total. The van der Waals surface area contributed by atoms with Gasteiger partial charge in [-0.05, 0) is 37.3 Å². The Morgan fingerprint density at radius 2 is 2.00 bits per heavy atom. The van der Waals surface area contributed by atoms with Crippen molar-refractivity contribution in [1.82, 2.24) is 0 Å². The minimum Gasteiger partial charge on any atom is -0.495 e. The van der Waals surface area contributed by atoms with Gasteiger partial charge in [0.2, 0.25) is 5.78 Å². The Hall–Kier alpha value is -2.75. The number of furan rings is 1. The van der Waals surface area contributed by atoms with Gasteiger partial charge in [0.25, 0.3) is 0 Å². The summed E-state index contributed by atoms with van der Waals surface area (Å²) in [4.78, 5) is 12.6. The Kier molecular flexibility index (Phi) is 3.14. The van der Waals surface area contributed by atoms with E-state index in [-0.39, 0.29) is 11.5 Å². The van der Waals surface area contributed by atoms with Crippen molar-refractivity contribution in [2.24, 2.45) is 0 Å². The van der Waals surface area contributed by atoms with E-state index in [1.807, 2.05) is 25.1 Å². The Bertz CT molecular complexity index is 833. The number of nitrogen functional groups attached to an aromatic ring is 1. The molecule has 0 amide bonds. The van der Waals surface area contributed by atoms with E-state index in [9.17, 15) is 4.79 Å². The number of benzene rings is 2. The van der Waals surface area contributed by atoms with Crippen LogP contribution < -0.4 is 10.5 Å². The Balaban J connectivity index is 2.08. The number of aryl methyl sites for hydroxylation is 1. The maximum absolute atomic E-state index is 12.6. The molecular weight excluding hydrogens is 266 g/mol. The van der Waals surface area contributed by atoms with Crippen molar-refractivity contribution in [1.29, 1.82) is 0 Å². The molecule has 0 spiro atoms. The lowest BCUT2D eigenvalue weighted by Gasteiger charge is -2.07. The van der Waals surface area contributed by atoms with Crippen molar-refractivity contribution in [2.45, 2.75) is 6.92 Å². The number of carbonyl (C=O) groups is 1. The number of ether oxygens (including phenoxy) is 1. The molecule has 0 unspecified atom stereocenters. The van der Waals surface area contributed by atoms with Crippen LogP contribution in [-0.2, 0) is 0 Å². The standard InChI is InChI=1S/C17H15NO3/c1-10-6-7-13-11(8-10)9-15(21-13)17(19)12-4-3-5-14(20-2)16(12)18/h3-9H,18H2,1-2H3. The van der Waals surface area contributed by atoms with Crippen LogP contribution >= 0.6 is 0 Å². The van der Waals surface area contributed by atoms with E-state index in [1.54, 1.807) is 24.3 Å². The molecule has 21 heavy (non-hydrogen) atoms. The van der Waals surface area contributed by atoms with E-state index in [4.69, 9.17) is 14.9 Å². The van der Waals surface area contributed by atoms with E-state index in [1.165, 1.54) is 7.11 Å². The van der Waals surface area contributed by atoms with Gasteiger partial charge in [-0.1, -0.05) is 17.7 Å². The van der Waals surface area contributed by atoms with Crippen LogP contribution in [-0.4, -0.2) is 12.9 Å². The fourth-order valence-electron chi connectivity index (χ4n) is 2.33. The summed E-state index contributed by atoms with van der Waals surface area (Å²) in [6.45, 7) is 1.99. The summed E-state index contributed by atoms with van der Waals surface area (Å²) in [7, 11) is 1.52. The number of anilines is 1. The van der Waals surface area contributed by atoms with Gasteiger partial charge >= 0.3 is 0 Å². The van der Waals surface area contributed by atoms with Gasteiger partial charge in [0.1, 0.15) is 11.3 Å². The zero-order valence-corrected chi connectivity index (χ0v) is 11.8. The maximum Gasteiger partial charge on any atom is 0.230 e. The molecule has 106 valence electrons. The SMILES string of the molecule is COc1cccc(C(=O)c2cc3cc(C)ccc3o2)c1N. The molecule has 0 atom stereocenters. The number of hydrogen-bond acceptors (Lipinski definition) is 4. The highest BCUT2D eigenvalue weighted by molar-refractivity contribution is 6.12. The molecule has 0 aliphatic heterocycles. The molecule has 3 aromatic rings. The number of rotatable bonds is 3. The summed E-state index contributed by atoms with van der Waals surface area (Å²) in [6, 6.07) is 12.6. The largest absolute Gasteiger partial charge is 0.495 e. The summed E-state index contributed by atoms with van der Waals surface area (Å²) < 4.78 is 10.8. The number of fused-ring (bicyclic) bond motifs is 1. The molecule has 0 bridgehead atoms. The second-order valence-electron chi connectivity index (χ2n) is 4.90. The number of methoxy groups -OCH3 is 1. The van der Waals surface area contributed by atoms with Gasteiger partial charge in [-0.3, -0.25) is 4.79 Å². The predicted molar refractivity (Wildman–Crippen MR) is 81.8 cm³/mol. The van der Waals surface area contributed by atoms with E-state index in [0.717, 1.165) is 10.9 Å². The van der Waals surface area contributed by atoms with Crippen LogP contribution in [0.3, 0.4) is 0 Å². The number of carbonyl (C=O) groups excluding carboxylic acids is 1. The van der Waals surface area contributed by atoms with Crippen molar-refractivity contribution < 1.29 is 13.9 Å². The highest BCUT2D eigenvalue weighted by Crippen LogP contribution is 2.29. The third-order valence-corrected chi connectivity index (χ3v) is 3.43. The van der Waals surface area contributed by atoms with Crippen molar-refractivity contribution in [3.63, 3.8) is 0 Å². The lowest BCUT2D eigenvalue weighted by Crippen LogP contribution is -2.05. The minimum atomic E-state index is -0.250. The summed E-state index contributed by atoms with van der Waals surface area (Å²) in [5.41, 5.74) is 8.46. The third kappa shape index (κ3) is 2.25. The Labute approximate surface area is 122 Å². The maximum atomic E-state index is 12.6. The van der Waals surface area contributed by atoms with Gasteiger partial charge in [0.15, 0.2) is 5.76 Å². The first-order valence-corrected chi connectivity index (χ1v) is 6.57. The van der Waals surface area contributed by atoms with Crippen molar-refractivity contribution in [3.8, 4) is 5.75 Å². The first-order valence-electron chi connectivity index (χ1n) is 6.57. The van der Waals surface area contributed by atoms with Gasteiger partial charge < -0.3 is 14.9 Å². The quantitative estimate of drug-likeness (QED) is 0.589. The molecule has 2 N–H and O–H groups in total. The van der Waals surface area contributed by atoms with Crippen LogP contribution in [0.4, 0.5) is 5.69 Å². The fourth-order valence-corrected chi connectivity index (χ4v) is 2.33. The molecule has 1 heterocycles. The second kappa shape index (κ2) is 4.98. The molecule has 0 fully saturated rings. The summed E-state index contributed by atoms with van der Waals surface area (Å²) >= 11 is 0. The van der Waals surface area contributed by atoms with Gasteiger partial charge in [-0.25, -0.2) is 0 Å². The van der Waals surface area contributed by atoms with Gasteiger partial charge in [0.05, 0.1) is 18.4 Å². The van der Waals surface area contributed by atoms with Crippen LogP contribution in [0.2, 0.25) is 0 Å². The Morgan fingerprint density at radius 1 is 1.19 bits per heavy atom. The molecule has 0 aliphatic rings. The monoisotopic (exact) mass is 281 g/mol. The highest BCUT2D eigenvalue weighted by atomic mass is 16.5. The topological polar surface area (TPSA) is 65.5 Å². The lowest BCUT2D eigenvalue weighted by molar-refractivity contribution is 0.101. The number of hydrogen-bond donors (Lipinski definition) is 1. The zero-order valence-electron chi connectivity index (χ0n) is 11.8. The van der Waals surface area contributed by atoms with Crippen LogP contribution in [0.25, 0.3) is 11.0 Å². The van der Waals surface area contributed by atoms with Crippen LogP contribution in [0, 0.1) is 6.92 Å². The average molecular weight is 281 g/mol. The molecule has 0 saturated carbocycles. The lowest BCUT2D eigenvalue weighted by atomic mass is 10.1.